The van der Waals surface area contributed by atoms with E-state index in [1.807, 2.05) is 19.1 Å². The molecule has 0 aliphatic carbocycles. The van der Waals surface area contributed by atoms with E-state index in [1.165, 1.54) is 24.2 Å². The lowest BCUT2D eigenvalue weighted by atomic mass is 10.2. The van der Waals surface area contributed by atoms with Gasteiger partial charge in [0.05, 0.1) is 5.69 Å². The number of rotatable bonds is 4. The standard InChI is InChI=1S/C15H20N4OS/c1-10(9-19-7-2-3-8-19)18-14(20)13-12(16)11-5-4-6-17-15(11)21-13/h4-6,10H,2-3,7-9,16H2,1H3,(H,18,20). The summed E-state index contributed by atoms with van der Waals surface area (Å²) in [6, 6.07) is 3.86. The number of fused-ring (bicyclic) bond motifs is 1. The van der Waals surface area contributed by atoms with Crippen LogP contribution < -0.4 is 11.1 Å². The second-order valence-electron chi connectivity index (χ2n) is 5.58. The monoisotopic (exact) mass is 304 g/mol. The normalized spacial score (nSPS) is 17.2. The van der Waals surface area contributed by atoms with E-state index in [1.54, 1.807) is 6.20 Å². The molecular formula is C15H20N4OS. The zero-order valence-corrected chi connectivity index (χ0v) is 12.9. The number of nitrogens with two attached hydrogens (primary N) is 1. The Morgan fingerprint density at radius 3 is 3.00 bits per heavy atom. The molecule has 1 atom stereocenters. The van der Waals surface area contributed by atoms with Crippen LogP contribution in [0.3, 0.4) is 0 Å². The van der Waals surface area contributed by atoms with Crippen LogP contribution in [-0.4, -0.2) is 41.5 Å². The molecule has 0 saturated carbocycles. The summed E-state index contributed by atoms with van der Waals surface area (Å²) in [5.74, 6) is -0.0952. The van der Waals surface area contributed by atoms with E-state index in [2.05, 4.69) is 15.2 Å². The number of carbonyl (C=O) groups excluding carboxylic acids is 1. The van der Waals surface area contributed by atoms with Crippen molar-refractivity contribution in [3.8, 4) is 0 Å². The van der Waals surface area contributed by atoms with Crippen LogP contribution in [0, 0.1) is 0 Å². The Kier molecular flexibility index (Phi) is 4.07. The Labute approximate surface area is 128 Å². The molecule has 3 rings (SSSR count). The molecular weight excluding hydrogens is 284 g/mol. The molecule has 0 spiro atoms. The van der Waals surface area contributed by atoms with Crippen molar-refractivity contribution < 1.29 is 4.79 Å². The first kappa shape index (κ1) is 14.3. The smallest absolute Gasteiger partial charge is 0.263 e. The van der Waals surface area contributed by atoms with E-state index < -0.39 is 0 Å². The summed E-state index contributed by atoms with van der Waals surface area (Å²) in [6.45, 7) is 5.21. The van der Waals surface area contributed by atoms with Gasteiger partial charge in [0.1, 0.15) is 9.71 Å². The molecule has 1 aliphatic rings. The van der Waals surface area contributed by atoms with Crippen molar-refractivity contribution in [2.75, 3.05) is 25.4 Å². The molecule has 2 aromatic rings. The lowest BCUT2D eigenvalue weighted by molar-refractivity contribution is 0.0937. The van der Waals surface area contributed by atoms with Gasteiger partial charge in [-0.25, -0.2) is 4.98 Å². The van der Waals surface area contributed by atoms with Crippen LogP contribution in [0.15, 0.2) is 18.3 Å². The predicted octanol–water partition coefficient (Wildman–Crippen LogP) is 2.09. The Morgan fingerprint density at radius 2 is 2.29 bits per heavy atom. The predicted molar refractivity (Wildman–Crippen MR) is 86.6 cm³/mol. The summed E-state index contributed by atoms with van der Waals surface area (Å²) in [7, 11) is 0. The highest BCUT2D eigenvalue weighted by Crippen LogP contribution is 2.31. The fourth-order valence-electron chi connectivity index (χ4n) is 2.81. The molecule has 0 bridgehead atoms. The third-order valence-electron chi connectivity index (χ3n) is 3.82. The molecule has 0 radical (unpaired) electrons. The number of hydrogen-bond donors (Lipinski definition) is 2. The molecule has 3 N–H and O–H groups in total. The van der Waals surface area contributed by atoms with E-state index in [0.717, 1.165) is 29.9 Å². The van der Waals surface area contributed by atoms with Crippen molar-refractivity contribution >= 4 is 33.1 Å². The van der Waals surface area contributed by atoms with Gasteiger partial charge in [0.25, 0.3) is 5.91 Å². The Balaban J connectivity index is 1.70. The number of nitrogens with zero attached hydrogens (tertiary/aromatic N) is 2. The van der Waals surface area contributed by atoms with Gasteiger partial charge in [-0.3, -0.25) is 4.79 Å². The van der Waals surface area contributed by atoms with Crippen LogP contribution >= 0.6 is 11.3 Å². The Bertz CT molecular complexity index is 648. The molecule has 1 unspecified atom stereocenters. The first-order chi connectivity index (χ1) is 10.1. The van der Waals surface area contributed by atoms with Gasteiger partial charge >= 0.3 is 0 Å². The van der Waals surface area contributed by atoms with E-state index >= 15 is 0 Å². The molecule has 1 aliphatic heterocycles. The lowest BCUT2D eigenvalue weighted by Crippen LogP contribution is -2.41. The van der Waals surface area contributed by atoms with Crippen molar-refractivity contribution in [3.05, 3.63) is 23.2 Å². The average Bonchev–Trinajstić information content (AvgIpc) is 3.07. The maximum Gasteiger partial charge on any atom is 0.263 e. The van der Waals surface area contributed by atoms with E-state index in [0.29, 0.717) is 10.6 Å². The van der Waals surface area contributed by atoms with Gasteiger partial charge < -0.3 is 16.0 Å². The van der Waals surface area contributed by atoms with Crippen molar-refractivity contribution in [1.29, 1.82) is 0 Å². The van der Waals surface area contributed by atoms with Crippen molar-refractivity contribution in [2.45, 2.75) is 25.8 Å². The van der Waals surface area contributed by atoms with Crippen molar-refractivity contribution in [1.82, 2.24) is 15.2 Å². The van der Waals surface area contributed by atoms with E-state index in [-0.39, 0.29) is 11.9 Å². The van der Waals surface area contributed by atoms with Gasteiger partial charge in [0.15, 0.2) is 0 Å². The zero-order valence-electron chi connectivity index (χ0n) is 12.1. The quantitative estimate of drug-likeness (QED) is 0.907. The molecule has 0 aromatic carbocycles. The number of nitrogen functional groups attached to an aromatic ring is 1. The summed E-state index contributed by atoms with van der Waals surface area (Å²) in [4.78, 5) is 20.4. The van der Waals surface area contributed by atoms with Gasteiger partial charge in [0, 0.05) is 24.2 Å². The highest BCUT2D eigenvalue weighted by molar-refractivity contribution is 7.21. The molecule has 112 valence electrons. The van der Waals surface area contributed by atoms with Gasteiger partial charge in [-0.1, -0.05) is 0 Å². The third-order valence-corrected chi connectivity index (χ3v) is 4.95. The zero-order chi connectivity index (χ0) is 14.8. The molecule has 1 fully saturated rings. The summed E-state index contributed by atoms with van der Waals surface area (Å²) in [6.07, 6.45) is 4.24. The number of aromatic nitrogens is 1. The number of nitrogens with one attached hydrogen (secondary N) is 1. The van der Waals surface area contributed by atoms with Crippen LogP contribution in [0.4, 0.5) is 5.69 Å². The van der Waals surface area contributed by atoms with E-state index in [4.69, 9.17) is 5.73 Å². The van der Waals surface area contributed by atoms with Gasteiger partial charge in [0.2, 0.25) is 0 Å². The molecule has 2 aromatic heterocycles. The van der Waals surface area contributed by atoms with Crippen LogP contribution in [0.2, 0.25) is 0 Å². The summed E-state index contributed by atoms with van der Waals surface area (Å²) >= 11 is 1.35. The number of hydrogen-bond acceptors (Lipinski definition) is 5. The Hall–Kier alpha value is -1.66. The Morgan fingerprint density at radius 1 is 1.52 bits per heavy atom. The minimum absolute atomic E-state index is 0.0952. The fraction of sp³-hybridized carbons (Fsp3) is 0.467. The summed E-state index contributed by atoms with van der Waals surface area (Å²) < 4.78 is 0. The fourth-order valence-corrected chi connectivity index (χ4v) is 3.77. The SMILES string of the molecule is CC(CN1CCCC1)NC(=O)c1sc2ncccc2c1N. The largest absolute Gasteiger partial charge is 0.397 e. The first-order valence-corrected chi connectivity index (χ1v) is 8.13. The highest BCUT2D eigenvalue weighted by atomic mass is 32.1. The summed E-state index contributed by atoms with van der Waals surface area (Å²) in [5, 5.41) is 3.91. The highest BCUT2D eigenvalue weighted by Gasteiger charge is 2.20. The van der Waals surface area contributed by atoms with Gasteiger partial charge in [-0.05, 0) is 45.0 Å². The molecule has 5 nitrogen and oxygen atoms in total. The summed E-state index contributed by atoms with van der Waals surface area (Å²) in [5.41, 5.74) is 6.61. The van der Waals surface area contributed by atoms with Crippen molar-refractivity contribution in [3.63, 3.8) is 0 Å². The van der Waals surface area contributed by atoms with Crippen LogP contribution in [0.1, 0.15) is 29.4 Å². The average molecular weight is 304 g/mol. The van der Waals surface area contributed by atoms with Crippen molar-refractivity contribution in [2.24, 2.45) is 0 Å². The molecule has 21 heavy (non-hydrogen) atoms. The topological polar surface area (TPSA) is 71.2 Å². The third kappa shape index (κ3) is 3.01. The number of thiophene rings is 1. The number of pyridine rings is 1. The number of likely N-dealkylation sites (tertiary alicyclic amines) is 1. The minimum atomic E-state index is -0.0952. The maximum atomic E-state index is 12.4. The molecule has 3 heterocycles. The minimum Gasteiger partial charge on any atom is -0.397 e. The molecule has 6 heteroatoms. The second-order valence-corrected chi connectivity index (χ2v) is 6.58. The van der Waals surface area contributed by atoms with Gasteiger partial charge in [-0.15, -0.1) is 11.3 Å². The number of carbonyl (C=O) groups is 1. The molecule has 1 amide bonds. The second kappa shape index (κ2) is 5.99. The van der Waals surface area contributed by atoms with Crippen LogP contribution in [-0.2, 0) is 0 Å². The lowest BCUT2D eigenvalue weighted by Gasteiger charge is -2.21. The number of anilines is 1. The van der Waals surface area contributed by atoms with E-state index in [9.17, 15) is 4.79 Å². The molecule has 1 saturated heterocycles. The van der Waals surface area contributed by atoms with Gasteiger partial charge in [-0.2, -0.15) is 0 Å². The maximum absolute atomic E-state index is 12.4. The van der Waals surface area contributed by atoms with Crippen LogP contribution in [0.25, 0.3) is 10.2 Å². The van der Waals surface area contributed by atoms with Crippen LogP contribution in [0.5, 0.6) is 0 Å². The number of amides is 1. The first-order valence-electron chi connectivity index (χ1n) is 7.31.